The molecule has 3 aromatic rings. The molecule has 1 aliphatic heterocycles. The van der Waals surface area contributed by atoms with E-state index in [1.54, 1.807) is 0 Å². The number of hydrogen-bond acceptors (Lipinski definition) is 6. The van der Waals surface area contributed by atoms with Gasteiger partial charge in [0.2, 0.25) is 5.95 Å². The molecule has 2 fully saturated rings. The lowest BCUT2D eigenvalue weighted by atomic mass is 9.93. The molecule has 1 saturated heterocycles. The Morgan fingerprint density at radius 2 is 1.82 bits per heavy atom. The van der Waals surface area contributed by atoms with Gasteiger partial charge in [-0.3, -0.25) is 0 Å². The summed E-state index contributed by atoms with van der Waals surface area (Å²) in [5.74, 6) is 0.698. The number of aliphatic hydroxyl groups excluding tert-OH is 1. The van der Waals surface area contributed by atoms with E-state index in [1.807, 2.05) is 6.20 Å². The summed E-state index contributed by atoms with van der Waals surface area (Å²) < 4.78 is 2.34. The molecule has 1 aromatic carbocycles. The van der Waals surface area contributed by atoms with Gasteiger partial charge in [-0.2, -0.15) is 4.98 Å². The molecule has 0 atom stereocenters. The molecule has 2 aromatic heterocycles. The number of benzene rings is 1. The molecule has 7 heteroatoms. The van der Waals surface area contributed by atoms with E-state index in [9.17, 15) is 5.11 Å². The maximum absolute atomic E-state index is 10.0. The molecule has 34 heavy (non-hydrogen) atoms. The Labute approximate surface area is 202 Å². The summed E-state index contributed by atoms with van der Waals surface area (Å²) in [7, 11) is 0. The number of fused-ring (bicyclic) bond motifs is 1. The van der Waals surface area contributed by atoms with Crippen molar-refractivity contribution in [3.05, 3.63) is 36.7 Å². The van der Waals surface area contributed by atoms with Gasteiger partial charge in [-0.05, 0) is 75.7 Å². The number of nitrogens with zero attached hydrogens (tertiary/aromatic N) is 3. The second kappa shape index (κ2) is 10.7. The summed E-state index contributed by atoms with van der Waals surface area (Å²) in [6.45, 7) is 5.25. The number of anilines is 2. The smallest absolute Gasteiger partial charge is 0.224 e. The van der Waals surface area contributed by atoms with Gasteiger partial charge in [0.15, 0.2) is 0 Å². The molecule has 0 spiro atoms. The van der Waals surface area contributed by atoms with Crippen LogP contribution < -0.4 is 16.0 Å². The number of nitrogens with one attached hydrogen (secondary N) is 3. The lowest BCUT2D eigenvalue weighted by molar-refractivity contribution is 0.111. The highest BCUT2D eigenvalue weighted by Gasteiger charge is 2.24. The van der Waals surface area contributed by atoms with E-state index in [0.29, 0.717) is 18.0 Å². The molecule has 1 aliphatic carbocycles. The fourth-order valence-electron chi connectivity index (χ4n) is 5.28. The Bertz CT molecular complexity index is 1060. The van der Waals surface area contributed by atoms with Crippen molar-refractivity contribution in [2.75, 3.05) is 30.3 Å². The van der Waals surface area contributed by atoms with Crippen LogP contribution in [0.25, 0.3) is 22.2 Å². The molecule has 0 radical (unpaired) electrons. The number of piperidine rings is 1. The van der Waals surface area contributed by atoms with Gasteiger partial charge in [-0.15, -0.1) is 0 Å². The van der Waals surface area contributed by atoms with Crippen molar-refractivity contribution in [3.8, 4) is 11.1 Å². The quantitative estimate of drug-likeness (QED) is 0.354. The molecule has 4 N–H and O–H groups in total. The first-order chi connectivity index (χ1) is 16.7. The van der Waals surface area contributed by atoms with Gasteiger partial charge in [0.1, 0.15) is 5.65 Å². The van der Waals surface area contributed by atoms with E-state index in [4.69, 9.17) is 4.98 Å². The largest absolute Gasteiger partial charge is 0.393 e. The van der Waals surface area contributed by atoms with Crippen molar-refractivity contribution in [1.82, 2.24) is 19.9 Å². The van der Waals surface area contributed by atoms with E-state index in [-0.39, 0.29) is 6.10 Å². The minimum absolute atomic E-state index is 0.168. The average Bonchev–Trinajstić information content (AvgIpc) is 3.25. The Balaban J connectivity index is 1.43. The molecule has 0 amide bonds. The third-order valence-corrected chi connectivity index (χ3v) is 7.35. The molecule has 3 heterocycles. The minimum atomic E-state index is -0.168. The lowest BCUT2D eigenvalue weighted by Crippen LogP contribution is -2.35. The van der Waals surface area contributed by atoms with Crippen molar-refractivity contribution in [1.29, 1.82) is 0 Å². The van der Waals surface area contributed by atoms with Gasteiger partial charge in [0.05, 0.1) is 6.10 Å². The van der Waals surface area contributed by atoms with E-state index in [1.165, 1.54) is 16.8 Å². The molecule has 2 aliphatic rings. The first-order valence-electron chi connectivity index (χ1n) is 13.1. The normalized spacial score (nSPS) is 21.6. The molecule has 7 nitrogen and oxygen atoms in total. The first-order valence-corrected chi connectivity index (χ1v) is 13.1. The van der Waals surface area contributed by atoms with Crippen LogP contribution in [-0.4, -0.2) is 51.4 Å². The van der Waals surface area contributed by atoms with Crippen LogP contribution in [0, 0.1) is 0 Å². The van der Waals surface area contributed by atoms with Crippen LogP contribution in [0.5, 0.6) is 0 Å². The fraction of sp³-hybridized carbons (Fsp3) is 0.556. The van der Waals surface area contributed by atoms with E-state index < -0.39 is 0 Å². The highest BCUT2D eigenvalue weighted by Crippen LogP contribution is 2.37. The first kappa shape index (κ1) is 23.1. The maximum Gasteiger partial charge on any atom is 0.224 e. The molecule has 1 saturated carbocycles. The van der Waals surface area contributed by atoms with Crippen LogP contribution in [0.4, 0.5) is 11.6 Å². The fourth-order valence-corrected chi connectivity index (χ4v) is 5.28. The van der Waals surface area contributed by atoms with Crippen LogP contribution in [0.3, 0.4) is 0 Å². The van der Waals surface area contributed by atoms with Crippen LogP contribution in [0.1, 0.15) is 64.3 Å². The zero-order valence-electron chi connectivity index (χ0n) is 20.3. The molecular formula is C27H38N6O. The van der Waals surface area contributed by atoms with E-state index in [2.05, 4.69) is 62.9 Å². The summed E-state index contributed by atoms with van der Waals surface area (Å²) in [6, 6.07) is 9.71. The highest BCUT2D eigenvalue weighted by molar-refractivity contribution is 5.94. The summed E-state index contributed by atoms with van der Waals surface area (Å²) in [4.78, 5) is 9.58. The van der Waals surface area contributed by atoms with Crippen LogP contribution in [0.2, 0.25) is 0 Å². The van der Waals surface area contributed by atoms with Gasteiger partial charge in [0.25, 0.3) is 0 Å². The second-order valence-corrected chi connectivity index (χ2v) is 9.87. The van der Waals surface area contributed by atoms with E-state index >= 15 is 0 Å². The number of aliphatic hydroxyl groups is 1. The standard InChI is InChI=1S/C27H38N6O/c1-2-3-14-29-27-30-17-24-25(18-33(26(24)32-27)22-8-10-23(34)11-9-22)19-4-6-20(7-5-19)31-21-12-15-28-16-13-21/h4-7,17-18,21-23,28,31,34H,2-3,8-16H2,1H3,(H,29,30,32). The predicted octanol–water partition coefficient (Wildman–Crippen LogP) is 4.95. The second-order valence-electron chi connectivity index (χ2n) is 9.87. The van der Waals surface area contributed by atoms with Gasteiger partial charge in [-0.1, -0.05) is 25.5 Å². The third-order valence-electron chi connectivity index (χ3n) is 7.35. The Hall–Kier alpha value is -2.64. The lowest BCUT2D eigenvalue weighted by Gasteiger charge is -2.27. The van der Waals surface area contributed by atoms with Gasteiger partial charge in [-0.25, -0.2) is 4.98 Å². The molecule has 182 valence electrons. The monoisotopic (exact) mass is 462 g/mol. The van der Waals surface area contributed by atoms with Gasteiger partial charge >= 0.3 is 0 Å². The van der Waals surface area contributed by atoms with Crippen molar-refractivity contribution >= 4 is 22.7 Å². The summed E-state index contributed by atoms with van der Waals surface area (Å²) in [5, 5.41) is 21.6. The Morgan fingerprint density at radius 1 is 1.06 bits per heavy atom. The Kier molecular flexibility index (Phi) is 7.30. The van der Waals surface area contributed by atoms with E-state index in [0.717, 1.165) is 82.0 Å². The number of unbranched alkanes of at least 4 members (excludes halogenated alkanes) is 1. The summed E-state index contributed by atoms with van der Waals surface area (Å²) in [6.07, 6.45) is 12.3. The van der Waals surface area contributed by atoms with Crippen molar-refractivity contribution in [2.45, 2.75) is 76.5 Å². The van der Waals surface area contributed by atoms with Gasteiger partial charge in [0, 0.05) is 47.7 Å². The molecule has 0 bridgehead atoms. The molecular weight excluding hydrogens is 424 g/mol. The number of rotatable bonds is 8. The zero-order chi connectivity index (χ0) is 23.3. The summed E-state index contributed by atoms with van der Waals surface area (Å²) in [5.41, 5.74) is 4.53. The highest BCUT2D eigenvalue weighted by atomic mass is 16.3. The summed E-state index contributed by atoms with van der Waals surface area (Å²) >= 11 is 0. The molecule has 5 rings (SSSR count). The topological polar surface area (TPSA) is 87.0 Å². The van der Waals surface area contributed by atoms with Gasteiger partial charge < -0.3 is 25.6 Å². The third kappa shape index (κ3) is 5.20. The predicted molar refractivity (Wildman–Crippen MR) is 139 cm³/mol. The average molecular weight is 463 g/mol. The number of hydrogen-bond donors (Lipinski definition) is 4. The van der Waals surface area contributed by atoms with Crippen LogP contribution >= 0.6 is 0 Å². The van der Waals surface area contributed by atoms with Crippen molar-refractivity contribution in [2.24, 2.45) is 0 Å². The molecule has 0 unspecified atom stereocenters. The Morgan fingerprint density at radius 3 is 2.56 bits per heavy atom. The SMILES string of the molecule is CCCCNc1ncc2c(-c3ccc(NC4CCNCC4)cc3)cn(C3CCC(O)CC3)c2n1. The van der Waals surface area contributed by atoms with Crippen molar-refractivity contribution < 1.29 is 5.11 Å². The minimum Gasteiger partial charge on any atom is -0.393 e. The van der Waals surface area contributed by atoms with Crippen molar-refractivity contribution in [3.63, 3.8) is 0 Å². The number of aromatic nitrogens is 3. The van der Waals surface area contributed by atoms with Crippen LogP contribution in [-0.2, 0) is 0 Å². The zero-order valence-corrected chi connectivity index (χ0v) is 20.3. The maximum atomic E-state index is 10.0. The van der Waals surface area contributed by atoms with Crippen LogP contribution in [0.15, 0.2) is 36.7 Å².